The van der Waals surface area contributed by atoms with Crippen LogP contribution in [0.3, 0.4) is 0 Å². The molecule has 0 unspecified atom stereocenters. The average Bonchev–Trinajstić information content (AvgIpc) is 1.82. The second kappa shape index (κ2) is 1.45. The molecular formula is C5H12N2O+2. The molecule has 46 valence electrons. The van der Waals surface area contributed by atoms with E-state index in [1.165, 1.54) is 4.74 Å². The van der Waals surface area contributed by atoms with Gasteiger partial charge in [0.1, 0.15) is 0 Å². The summed E-state index contributed by atoms with van der Waals surface area (Å²) in [6, 6.07) is 0. The predicted molar refractivity (Wildman–Crippen MR) is 30.0 cm³/mol. The molecule has 1 N–H and O–H groups in total. The molecule has 1 aliphatic heterocycles. The molecule has 3 nitrogen and oxygen atoms in total. The fraction of sp³-hybridized carbons (Fsp3) is 0.800. The Morgan fingerprint density at radius 1 is 1.62 bits per heavy atom. The molecule has 0 atom stereocenters. The van der Waals surface area contributed by atoms with Crippen molar-refractivity contribution in [3.63, 3.8) is 0 Å². The summed E-state index contributed by atoms with van der Waals surface area (Å²) in [5.41, 5.74) is 0. The Bertz CT molecular complexity index is 128. The van der Waals surface area contributed by atoms with Gasteiger partial charge in [0.05, 0.1) is 14.1 Å². The van der Waals surface area contributed by atoms with Gasteiger partial charge in [-0.15, -0.1) is 0 Å². The molecule has 1 rings (SSSR count). The van der Waals surface area contributed by atoms with Crippen LogP contribution in [-0.4, -0.2) is 48.0 Å². The molecular weight excluding hydrogens is 104 g/mol. The summed E-state index contributed by atoms with van der Waals surface area (Å²) in [5.74, 6) is 0. The highest BCUT2D eigenvalue weighted by atomic mass is 16.5. The topological polar surface area (TPSA) is 23.2 Å². The minimum atomic E-state index is 0.757. The summed E-state index contributed by atoms with van der Waals surface area (Å²) in [5, 5.41) is 8.83. The summed E-state index contributed by atoms with van der Waals surface area (Å²) >= 11 is 0. The fourth-order valence-corrected chi connectivity index (χ4v) is 0.836. The number of hydrogen-bond acceptors (Lipinski definition) is 1. The highest BCUT2D eigenvalue weighted by Crippen LogP contribution is 1.96. The monoisotopic (exact) mass is 116 g/mol. The summed E-state index contributed by atoms with van der Waals surface area (Å²) < 4.78 is 2.02. The maximum Gasteiger partial charge on any atom is 0.374 e. The van der Waals surface area contributed by atoms with E-state index in [0.29, 0.717) is 0 Å². The Balaban J connectivity index is 2.67. The van der Waals surface area contributed by atoms with Crippen molar-refractivity contribution in [2.45, 2.75) is 0 Å². The Labute approximate surface area is 49.0 Å². The van der Waals surface area contributed by atoms with E-state index in [4.69, 9.17) is 5.21 Å². The van der Waals surface area contributed by atoms with Gasteiger partial charge in [-0.1, -0.05) is 0 Å². The fourth-order valence-electron chi connectivity index (χ4n) is 0.836. The van der Waals surface area contributed by atoms with Crippen molar-refractivity contribution in [1.82, 2.24) is 0 Å². The molecule has 0 radical (unpaired) electrons. The Morgan fingerprint density at radius 2 is 2.25 bits per heavy atom. The Morgan fingerprint density at radius 3 is 2.38 bits per heavy atom. The first kappa shape index (κ1) is 5.56. The Kier molecular flexibility index (Phi) is 1.01. The lowest BCUT2D eigenvalue weighted by Gasteiger charge is -2.11. The third-order valence-corrected chi connectivity index (χ3v) is 1.35. The summed E-state index contributed by atoms with van der Waals surface area (Å²) in [6.45, 7) is 1.75. The van der Waals surface area contributed by atoms with Gasteiger partial charge in [-0.05, 0) is 0 Å². The molecule has 0 aliphatic carbocycles. The van der Waals surface area contributed by atoms with E-state index >= 15 is 0 Å². The van der Waals surface area contributed by atoms with E-state index in [2.05, 4.69) is 14.1 Å². The third kappa shape index (κ3) is 0.980. The van der Waals surface area contributed by atoms with Crippen LogP contribution in [-0.2, 0) is 0 Å². The van der Waals surface area contributed by atoms with Crippen molar-refractivity contribution in [2.75, 3.05) is 27.2 Å². The van der Waals surface area contributed by atoms with Gasteiger partial charge in [0.2, 0.25) is 6.54 Å². The van der Waals surface area contributed by atoms with Crippen molar-refractivity contribution in [2.24, 2.45) is 0 Å². The van der Waals surface area contributed by atoms with E-state index in [9.17, 15) is 0 Å². The van der Waals surface area contributed by atoms with Crippen molar-refractivity contribution in [1.29, 1.82) is 0 Å². The molecule has 0 amide bonds. The van der Waals surface area contributed by atoms with Crippen LogP contribution in [0.1, 0.15) is 0 Å². The lowest BCUT2D eigenvalue weighted by molar-refractivity contribution is -0.802. The zero-order valence-corrected chi connectivity index (χ0v) is 5.33. The molecule has 0 aromatic carbocycles. The van der Waals surface area contributed by atoms with Gasteiger partial charge >= 0.3 is 6.34 Å². The standard InChI is InChI=1S/C5H12N2O/c1-7(2)4-3-6(8)5-7/h5,8H,3-4H2,1-2H3/q+2. The molecule has 3 heteroatoms. The first-order chi connectivity index (χ1) is 3.60. The Hall–Kier alpha value is -0.570. The number of nitrogens with zero attached hydrogens (tertiary/aromatic N) is 2. The van der Waals surface area contributed by atoms with Crippen LogP contribution >= 0.6 is 0 Å². The van der Waals surface area contributed by atoms with Gasteiger partial charge in [0, 0.05) is 4.74 Å². The molecule has 0 bridgehead atoms. The number of rotatable bonds is 0. The SMILES string of the molecule is C[N+]1(C)C=[N+](O)CC1. The lowest BCUT2D eigenvalue weighted by atomic mass is 10.6. The highest BCUT2D eigenvalue weighted by molar-refractivity contribution is 5.39. The zero-order chi connectivity index (χ0) is 6.20. The van der Waals surface area contributed by atoms with E-state index < -0.39 is 0 Å². The second-order valence-corrected chi connectivity index (χ2v) is 2.78. The molecule has 0 saturated heterocycles. The molecule has 8 heavy (non-hydrogen) atoms. The second-order valence-electron chi connectivity index (χ2n) is 2.78. The molecule has 0 spiro atoms. The number of quaternary nitrogens is 1. The van der Waals surface area contributed by atoms with Crippen LogP contribution < -0.4 is 0 Å². The van der Waals surface area contributed by atoms with Crippen molar-refractivity contribution in [3.05, 3.63) is 0 Å². The quantitative estimate of drug-likeness (QED) is 0.257. The van der Waals surface area contributed by atoms with E-state index in [1.807, 2.05) is 0 Å². The summed E-state index contributed by atoms with van der Waals surface area (Å²) in [7, 11) is 4.10. The van der Waals surface area contributed by atoms with Crippen molar-refractivity contribution >= 4 is 6.34 Å². The summed E-state index contributed by atoms with van der Waals surface area (Å²) in [6.07, 6.45) is 1.79. The smallest absolute Gasteiger partial charge is 0.286 e. The average molecular weight is 116 g/mol. The minimum Gasteiger partial charge on any atom is -0.286 e. The first-order valence-electron chi connectivity index (χ1n) is 2.74. The third-order valence-electron chi connectivity index (χ3n) is 1.35. The van der Waals surface area contributed by atoms with Gasteiger partial charge in [0.15, 0.2) is 6.54 Å². The zero-order valence-electron chi connectivity index (χ0n) is 5.33. The van der Waals surface area contributed by atoms with E-state index in [0.717, 1.165) is 17.6 Å². The molecule has 0 aromatic heterocycles. The van der Waals surface area contributed by atoms with Crippen molar-refractivity contribution < 1.29 is 14.4 Å². The van der Waals surface area contributed by atoms with Crippen LogP contribution in [0.25, 0.3) is 0 Å². The predicted octanol–water partition coefficient (Wildman–Crippen LogP) is -0.494. The summed E-state index contributed by atoms with van der Waals surface area (Å²) in [4.78, 5) is 0. The first-order valence-corrected chi connectivity index (χ1v) is 2.74. The number of hydrogen-bond donors (Lipinski definition) is 1. The highest BCUT2D eigenvalue weighted by Gasteiger charge is 2.28. The van der Waals surface area contributed by atoms with Gasteiger partial charge in [-0.25, -0.2) is 4.48 Å². The molecule has 1 heterocycles. The maximum absolute atomic E-state index is 8.83. The van der Waals surface area contributed by atoms with Crippen LogP contribution in [0.15, 0.2) is 0 Å². The van der Waals surface area contributed by atoms with Crippen molar-refractivity contribution in [3.8, 4) is 0 Å². The van der Waals surface area contributed by atoms with Crippen LogP contribution in [0, 0.1) is 0 Å². The van der Waals surface area contributed by atoms with Crippen LogP contribution in [0.5, 0.6) is 0 Å². The van der Waals surface area contributed by atoms with E-state index in [-0.39, 0.29) is 0 Å². The van der Waals surface area contributed by atoms with E-state index in [1.54, 1.807) is 6.34 Å². The van der Waals surface area contributed by atoms with Crippen LogP contribution in [0.4, 0.5) is 0 Å². The molecule has 0 saturated carbocycles. The largest absolute Gasteiger partial charge is 0.374 e. The van der Waals surface area contributed by atoms with Gasteiger partial charge < -0.3 is 0 Å². The molecule has 0 aromatic rings. The molecule has 1 aliphatic rings. The lowest BCUT2D eigenvalue weighted by Crippen LogP contribution is -2.35. The van der Waals surface area contributed by atoms with Gasteiger partial charge in [-0.2, -0.15) is 0 Å². The number of hydroxylamine groups is 1. The van der Waals surface area contributed by atoms with Gasteiger partial charge in [0.25, 0.3) is 0 Å². The molecule has 0 fully saturated rings. The normalized spacial score (nSPS) is 25.5. The maximum atomic E-state index is 8.83. The number of likely N-dealkylation sites (N-methyl/N-ethyl adjacent to an activating group) is 1. The van der Waals surface area contributed by atoms with Gasteiger partial charge in [-0.3, -0.25) is 5.21 Å². The van der Waals surface area contributed by atoms with Crippen LogP contribution in [0.2, 0.25) is 0 Å². The minimum absolute atomic E-state index is 0.757.